The smallest absolute Gasteiger partial charge is 0.280 e. The lowest BCUT2D eigenvalue weighted by atomic mass is 10.2. The second-order valence-corrected chi connectivity index (χ2v) is 4.98. The molecule has 0 aliphatic carbocycles. The molecule has 5 nitrogen and oxygen atoms in total. The molecule has 0 radical (unpaired) electrons. The Kier molecular flexibility index (Phi) is 4.34. The van der Waals surface area contributed by atoms with Crippen molar-refractivity contribution in [3.05, 3.63) is 41.2 Å². The number of nitrogens with zero attached hydrogens (tertiary/aromatic N) is 1. The average Bonchev–Trinajstić information content (AvgIpc) is 3.06. The van der Waals surface area contributed by atoms with Gasteiger partial charge >= 0.3 is 0 Å². The van der Waals surface area contributed by atoms with Gasteiger partial charge in [0.2, 0.25) is 0 Å². The Morgan fingerprint density at radius 1 is 1.63 bits per heavy atom. The van der Waals surface area contributed by atoms with E-state index in [2.05, 4.69) is 5.32 Å². The van der Waals surface area contributed by atoms with Crippen LogP contribution < -0.4 is 10.6 Å². The van der Waals surface area contributed by atoms with Crippen molar-refractivity contribution in [2.24, 2.45) is 0 Å². The normalized spacial score (nSPS) is 11.8. The van der Waals surface area contributed by atoms with Crippen molar-refractivity contribution >= 4 is 22.2 Å². The lowest BCUT2D eigenvalue weighted by Crippen LogP contribution is -2.86. The maximum Gasteiger partial charge on any atom is 0.280 e. The minimum atomic E-state index is -0.127. The molecular weight excluding hydrogens is 262 g/mol. The largest absolute Gasteiger partial charge is 0.463 e. The molecule has 1 amide bonds. The Balaban J connectivity index is 1.84. The molecule has 6 heteroatoms. The number of nitriles is 1. The summed E-state index contributed by atoms with van der Waals surface area (Å²) in [5.41, 5.74) is 0.498. The third-order valence-electron chi connectivity index (χ3n) is 2.69. The van der Waals surface area contributed by atoms with Crippen molar-refractivity contribution < 1.29 is 14.5 Å². The van der Waals surface area contributed by atoms with Gasteiger partial charge in [0.15, 0.2) is 12.3 Å². The second kappa shape index (κ2) is 6.18. The van der Waals surface area contributed by atoms with Gasteiger partial charge in [-0.2, -0.15) is 5.26 Å². The molecule has 0 spiro atoms. The Labute approximate surface area is 114 Å². The summed E-state index contributed by atoms with van der Waals surface area (Å²) in [7, 11) is 0. The number of rotatable bonds is 5. The molecular formula is C13H14N3O2S+. The molecule has 2 rings (SSSR count). The highest BCUT2D eigenvalue weighted by atomic mass is 32.1. The van der Waals surface area contributed by atoms with Crippen LogP contribution in [0.4, 0.5) is 5.00 Å². The molecule has 3 N–H and O–H groups in total. The van der Waals surface area contributed by atoms with Gasteiger partial charge < -0.3 is 15.1 Å². The van der Waals surface area contributed by atoms with E-state index in [0.717, 1.165) is 5.76 Å². The Morgan fingerprint density at radius 3 is 3.16 bits per heavy atom. The van der Waals surface area contributed by atoms with Crippen LogP contribution in [0.15, 0.2) is 34.3 Å². The molecule has 98 valence electrons. The van der Waals surface area contributed by atoms with E-state index in [4.69, 9.17) is 9.68 Å². The van der Waals surface area contributed by atoms with Crippen LogP contribution in [0.3, 0.4) is 0 Å². The van der Waals surface area contributed by atoms with Crippen molar-refractivity contribution in [3.8, 4) is 6.07 Å². The van der Waals surface area contributed by atoms with Gasteiger partial charge in [-0.25, -0.2) is 0 Å². The molecule has 0 aromatic carbocycles. The zero-order valence-electron chi connectivity index (χ0n) is 10.4. The van der Waals surface area contributed by atoms with Crippen LogP contribution in [-0.2, 0) is 4.79 Å². The van der Waals surface area contributed by atoms with E-state index in [9.17, 15) is 4.79 Å². The molecule has 2 aromatic heterocycles. The van der Waals surface area contributed by atoms with Crippen LogP contribution in [0, 0.1) is 11.3 Å². The molecule has 1 atom stereocenters. The first kappa shape index (κ1) is 13.3. The standard InChI is InChI=1S/C13H13N3O2S/c1-9(11-3-2-5-18-11)15-8-12(17)16-13-10(7-14)4-6-19-13/h2-6,9,15H,8H2,1H3,(H,16,17)/p+1/t9-/m0/s1. The summed E-state index contributed by atoms with van der Waals surface area (Å²) >= 11 is 1.35. The zero-order valence-corrected chi connectivity index (χ0v) is 11.2. The number of thiophene rings is 1. The number of hydrogen-bond donors (Lipinski definition) is 2. The van der Waals surface area contributed by atoms with Gasteiger partial charge in [-0.3, -0.25) is 4.79 Å². The molecule has 19 heavy (non-hydrogen) atoms. The minimum Gasteiger partial charge on any atom is -0.463 e. The molecule has 0 bridgehead atoms. The quantitative estimate of drug-likeness (QED) is 0.867. The number of furan rings is 1. The first-order valence-electron chi connectivity index (χ1n) is 5.85. The van der Waals surface area contributed by atoms with Crippen molar-refractivity contribution in [2.45, 2.75) is 13.0 Å². The van der Waals surface area contributed by atoms with Gasteiger partial charge in [0.25, 0.3) is 5.91 Å². The number of nitrogens with one attached hydrogen (secondary N) is 1. The van der Waals surface area contributed by atoms with Crippen LogP contribution in [-0.4, -0.2) is 12.5 Å². The molecule has 0 aliphatic rings. The van der Waals surface area contributed by atoms with Crippen LogP contribution in [0.2, 0.25) is 0 Å². The van der Waals surface area contributed by atoms with Gasteiger partial charge in [0.1, 0.15) is 17.1 Å². The number of hydrogen-bond acceptors (Lipinski definition) is 4. The predicted octanol–water partition coefficient (Wildman–Crippen LogP) is 1.48. The van der Waals surface area contributed by atoms with E-state index in [1.54, 1.807) is 17.7 Å². The van der Waals surface area contributed by atoms with Crippen molar-refractivity contribution in [2.75, 3.05) is 11.9 Å². The van der Waals surface area contributed by atoms with Gasteiger partial charge in [-0.1, -0.05) is 0 Å². The molecule has 2 heterocycles. The number of amides is 1. The predicted molar refractivity (Wildman–Crippen MR) is 71.6 cm³/mol. The third-order valence-corrected chi connectivity index (χ3v) is 3.52. The van der Waals surface area contributed by atoms with E-state index in [0.29, 0.717) is 10.6 Å². The summed E-state index contributed by atoms with van der Waals surface area (Å²) in [5.74, 6) is 0.707. The molecule has 0 aliphatic heterocycles. The molecule has 0 fully saturated rings. The topological polar surface area (TPSA) is 82.6 Å². The number of anilines is 1. The number of nitrogens with two attached hydrogens (primary N) is 1. The Morgan fingerprint density at radius 2 is 2.47 bits per heavy atom. The fraction of sp³-hybridized carbons (Fsp3) is 0.231. The molecule has 0 unspecified atom stereocenters. The first-order valence-corrected chi connectivity index (χ1v) is 6.73. The number of quaternary nitrogens is 1. The van der Waals surface area contributed by atoms with Crippen molar-refractivity contribution in [1.29, 1.82) is 5.26 Å². The summed E-state index contributed by atoms with van der Waals surface area (Å²) in [6, 6.07) is 7.52. The average molecular weight is 276 g/mol. The number of carbonyl (C=O) groups excluding carboxylic acids is 1. The monoisotopic (exact) mass is 276 g/mol. The van der Waals surface area contributed by atoms with Crippen LogP contribution in [0.1, 0.15) is 24.3 Å². The summed E-state index contributed by atoms with van der Waals surface area (Å²) in [5, 5.41) is 15.9. The van der Waals surface area contributed by atoms with Crippen molar-refractivity contribution in [1.82, 2.24) is 0 Å². The van der Waals surface area contributed by atoms with Gasteiger partial charge in [0.05, 0.1) is 11.8 Å². The third kappa shape index (κ3) is 3.44. The summed E-state index contributed by atoms with van der Waals surface area (Å²) in [4.78, 5) is 11.8. The van der Waals surface area contributed by atoms with E-state index in [-0.39, 0.29) is 18.5 Å². The minimum absolute atomic E-state index is 0.0829. The lowest BCUT2D eigenvalue weighted by Gasteiger charge is -2.07. The van der Waals surface area contributed by atoms with Gasteiger partial charge in [-0.15, -0.1) is 11.3 Å². The summed E-state index contributed by atoms with van der Waals surface area (Å²) in [6.07, 6.45) is 1.62. The van der Waals surface area contributed by atoms with E-state index < -0.39 is 0 Å². The van der Waals surface area contributed by atoms with Crippen LogP contribution in [0.25, 0.3) is 0 Å². The summed E-state index contributed by atoms with van der Waals surface area (Å²) < 4.78 is 5.27. The first-order chi connectivity index (χ1) is 9.20. The lowest BCUT2D eigenvalue weighted by molar-refractivity contribution is -0.684. The molecule has 0 saturated heterocycles. The van der Waals surface area contributed by atoms with Gasteiger partial charge in [0, 0.05) is 0 Å². The second-order valence-electron chi connectivity index (χ2n) is 4.07. The summed E-state index contributed by atoms with van der Waals surface area (Å²) in [6.45, 7) is 2.25. The van der Waals surface area contributed by atoms with E-state index in [1.807, 2.05) is 30.4 Å². The highest BCUT2D eigenvalue weighted by molar-refractivity contribution is 7.14. The van der Waals surface area contributed by atoms with E-state index in [1.165, 1.54) is 11.3 Å². The van der Waals surface area contributed by atoms with Crippen LogP contribution >= 0.6 is 11.3 Å². The zero-order chi connectivity index (χ0) is 13.7. The Bertz CT molecular complexity index is 583. The fourth-order valence-corrected chi connectivity index (χ4v) is 2.38. The van der Waals surface area contributed by atoms with E-state index >= 15 is 0 Å². The highest BCUT2D eigenvalue weighted by Crippen LogP contribution is 2.21. The molecule has 2 aromatic rings. The maximum absolute atomic E-state index is 11.8. The fourth-order valence-electron chi connectivity index (χ4n) is 1.62. The van der Waals surface area contributed by atoms with Crippen LogP contribution in [0.5, 0.6) is 0 Å². The van der Waals surface area contributed by atoms with Gasteiger partial charge in [-0.05, 0) is 30.5 Å². The maximum atomic E-state index is 11.8. The number of carbonyl (C=O) groups is 1. The SMILES string of the molecule is C[C@H]([NH2+]CC(=O)Nc1sccc1C#N)c1ccco1. The molecule has 0 saturated carbocycles. The van der Waals surface area contributed by atoms with Crippen molar-refractivity contribution in [3.63, 3.8) is 0 Å². The Hall–Kier alpha value is -2.10. The highest BCUT2D eigenvalue weighted by Gasteiger charge is 2.14.